The number of para-hydroxylation sites is 1. The van der Waals surface area contributed by atoms with Crippen molar-refractivity contribution in [3.8, 4) is 5.75 Å². The van der Waals surface area contributed by atoms with Crippen LogP contribution >= 0.6 is 11.6 Å². The minimum absolute atomic E-state index is 0.0935. The first-order valence-corrected chi connectivity index (χ1v) is 10.3. The Morgan fingerprint density at radius 3 is 2.31 bits per heavy atom. The lowest BCUT2D eigenvalue weighted by molar-refractivity contribution is 0.103. The average Bonchev–Trinajstić information content (AvgIpc) is 3.26. The van der Waals surface area contributed by atoms with Gasteiger partial charge in [0.05, 0.1) is 10.9 Å². The van der Waals surface area contributed by atoms with Crippen LogP contribution in [0.3, 0.4) is 0 Å². The number of carbonyl (C=O) groups is 1. The second kappa shape index (κ2) is 7.94. The van der Waals surface area contributed by atoms with E-state index in [-0.39, 0.29) is 17.9 Å². The molecule has 32 heavy (non-hydrogen) atoms. The van der Waals surface area contributed by atoms with Crippen LogP contribution in [0.25, 0.3) is 16.7 Å². The van der Waals surface area contributed by atoms with Gasteiger partial charge in [-0.2, -0.15) is 0 Å². The highest BCUT2D eigenvalue weighted by atomic mass is 35.5. The Kier molecular flexibility index (Phi) is 4.95. The number of aromatic nitrogens is 4. The fourth-order valence-electron chi connectivity index (χ4n) is 3.60. The lowest BCUT2D eigenvalue weighted by atomic mass is 10.0. The van der Waals surface area contributed by atoms with Gasteiger partial charge in [0.25, 0.3) is 5.56 Å². The standard InChI is InChI=1S/C24H17ClN4O3/c1-28-23(31)19-4-2-3-5-20(19)29-21(26-27-24(28)29)14-32-18-12-8-16(9-13-18)22(30)15-6-10-17(25)11-7-15/h2-13H,14H2,1H3. The zero-order valence-corrected chi connectivity index (χ0v) is 17.8. The second-order valence-corrected chi connectivity index (χ2v) is 7.72. The molecule has 0 aliphatic rings. The Morgan fingerprint density at radius 2 is 1.59 bits per heavy atom. The Bertz CT molecular complexity index is 1520. The van der Waals surface area contributed by atoms with Crippen LogP contribution in [0.4, 0.5) is 0 Å². The molecule has 0 saturated heterocycles. The fraction of sp³-hybridized carbons (Fsp3) is 0.0833. The van der Waals surface area contributed by atoms with Gasteiger partial charge in [0.15, 0.2) is 11.6 Å². The van der Waals surface area contributed by atoms with Crippen molar-refractivity contribution in [1.29, 1.82) is 0 Å². The molecule has 0 aliphatic heterocycles. The van der Waals surface area contributed by atoms with Gasteiger partial charge < -0.3 is 4.74 Å². The summed E-state index contributed by atoms with van der Waals surface area (Å²) in [4.78, 5) is 25.2. The topological polar surface area (TPSA) is 78.5 Å². The lowest BCUT2D eigenvalue weighted by Crippen LogP contribution is -2.20. The summed E-state index contributed by atoms with van der Waals surface area (Å²) in [5, 5.41) is 9.54. The first-order chi connectivity index (χ1) is 15.5. The van der Waals surface area contributed by atoms with Crippen LogP contribution < -0.4 is 10.3 Å². The molecule has 0 bridgehead atoms. The van der Waals surface area contributed by atoms with Crippen LogP contribution in [0.1, 0.15) is 21.7 Å². The molecule has 8 heteroatoms. The molecule has 0 N–H and O–H groups in total. The summed E-state index contributed by atoms with van der Waals surface area (Å²) < 4.78 is 9.18. The number of benzene rings is 3. The van der Waals surface area contributed by atoms with Gasteiger partial charge in [-0.05, 0) is 60.7 Å². The van der Waals surface area contributed by atoms with Gasteiger partial charge in [-0.1, -0.05) is 23.7 Å². The molecule has 2 heterocycles. The van der Waals surface area contributed by atoms with E-state index in [0.717, 1.165) is 5.52 Å². The number of carbonyl (C=O) groups excluding carboxylic acids is 1. The Morgan fingerprint density at radius 1 is 0.938 bits per heavy atom. The van der Waals surface area contributed by atoms with Gasteiger partial charge >= 0.3 is 0 Å². The molecule has 0 saturated carbocycles. The lowest BCUT2D eigenvalue weighted by Gasteiger charge is -2.09. The quantitative estimate of drug-likeness (QED) is 0.382. The molecule has 7 nitrogen and oxygen atoms in total. The van der Waals surface area contributed by atoms with Crippen molar-refractivity contribution in [3.63, 3.8) is 0 Å². The zero-order chi connectivity index (χ0) is 22.2. The van der Waals surface area contributed by atoms with E-state index in [1.165, 1.54) is 4.57 Å². The van der Waals surface area contributed by atoms with Crippen molar-refractivity contribution in [3.05, 3.63) is 105 Å². The molecule has 0 unspecified atom stereocenters. The van der Waals surface area contributed by atoms with E-state index in [9.17, 15) is 9.59 Å². The van der Waals surface area contributed by atoms with Gasteiger partial charge in [0.2, 0.25) is 5.78 Å². The molecule has 2 aromatic heterocycles. The van der Waals surface area contributed by atoms with E-state index >= 15 is 0 Å². The molecule has 5 rings (SSSR count). The van der Waals surface area contributed by atoms with Gasteiger partial charge in [-0.25, -0.2) is 0 Å². The van der Waals surface area contributed by atoms with E-state index in [4.69, 9.17) is 16.3 Å². The van der Waals surface area contributed by atoms with Crippen LogP contribution in [0, 0.1) is 0 Å². The zero-order valence-electron chi connectivity index (χ0n) is 17.0. The number of hydrogen-bond donors (Lipinski definition) is 0. The monoisotopic (exact) mass is 444 g/mol. The van der Waals surface area contributed by atoms with Gasteiger partial charge in [0, 0.05) is 23.2 Å². The van der Waals surface area contributed by atoms with E-state index in [1.807, 2.05) is 22.6 Å². The van der Waals surface area contributed by atoms with E-state index < -0.39 is 0 Å². The molecular weight excluding hydrogens is 428 g/mol. The third-order valence-corrected chi connectivity index (χ3v) is 5.54. The highest BCUT2D eigenvalue weighted by molar-refractivity contribution is 6.30. The Labute approximate surface area is 187 Å². The normalized spacial score (nSPS) is 11.2. The van der Waals surface area contributed by atoms with Crippen molar-refractivity contribution < 1.29 is 9.53 Å². The van der Waals surface area contributed by atoms with Crippen molar-refractivity contribution in [1.82, 2.24) is 19.2 Å². The Hall–Kier alpha value is -3.97. The summed E-state index contributed by atoms with van der Waals surface area (Å²) in [6.07, 6.45) is 0. The highest BCUT2D eigenvalue weighted by Crippen LogP contribution is 2.19. The molecule has 5 aromatic rings. The van der Waals surface area contributed by atoms with E-state index in [2.05, 4.69) is 10.2 Å². The third kappa shape index (κ3) is 3.42. The summed E-state index contributed by atoms with van der Waals surface area (Å²) in [7, 11) is 1.67. The Balaban J connectivity index is 1.40. The summed E-state index contributed by atoms with van der Waals surface area (Å²) >= 11 is 5.89. The SMILES string of the molecule is Cn1c(=O)c2ccccc2n2c(COc3ccc(C(=O)c4ccc(Cl)cc4)cc3)nnc12. The predicted octanol–water partition coefficient (Wildman–Crippen LogP) is 4.04. The average molecular weight is 445 g/mol. The van der Waals surface area contributed by atoms with Crippen molar-refractivity contribution in [2.75, 3.05) is 0 Å². The number of halogens is 1. The molecule has 158 valence electrons. The number of hydrogen-bond acceptors (Lipinski definition) is 5. The molecule has 0 aliphatic carbocycles. The highest BCUT2D eigenvalue weighted by Gasteiger charge is 2.15. The molecular formula is C24H17ClN4O3. The van der Waals surface area contributed by atoms with E-state index in [0.29, 0.717) is 38.9 Å². The van der Waals surface area contributed by atoms with Crippen LogP contribution in [0.2, 0.25) is 5.02 Å². The van der Waals surface area contributed by atoms with Gasteiger partial charge in [0.1, 0.15) is 12.4 Å². The first-order valence-electron chi connectivity index (χ1n) is 9.88. The summed E-state index contributed by atoms with van der Waals surface area (Å²) in [5.74, 6) is 1.50. The minimum Gasteiger partial charge on any atom is -0.486 e. The largest absolute Gasteiger partial charge is 0.486 e. The van der Waals surface area contributed by atoms with Gasteiger partial charge in [-0.15, -0.1) is 10.2 Å². The van der Waals surface area contributed by atoms with Crippen LogP contribution in [0.5, 0.6) is 5.75 Å². The second-order valence-electron chi connectivity index (χ2n) is 7.28. The van der Waals surface area contributed by atoms with Crippen molar-refractivity contribution >= 4 is 34.1 Å². The number of ether oxygens (including phenoxy) is 1. The number of ketones is 1. The van der Waals surface area contributed by atoms with Crippen LogP contribution in [-0.2, 0) is 13.7 Å². The molecule has 0 atom stereocenters. The maximum atomic E-state index is 12.6. The van der Waals surface area contributed by atoms with Gasteiger partial charge in [-0.3, -0.25) is 18.6 Å². The van der Waals surface area contributed by atoms with Crippen molar-refractivity contribution in [2.24, 2.45) is 7.05 Å². The maximum Gasteiger partial charge on any atom is 0.262 e. The smallest absolute Gasteiger partial charge is 0.262 e. The summed E-state index contributed by atoms with van der Waals surface area (Å²) in [6, 6.07) is 21.0. The van der Waals surface area contributed by atoms with Crippen LogP contribution in [-0.4, -0.2) is 24.9 Å². The summed E-state index contributed by atoms with van der Waals surface area (Å²) in [6.45, 7) is 0.147. The third-order valence-electron chi connectivity index (χ3n) is 5.28. The summed E-state index contributed by atoms with van der Waals surface area (Å²) in [5.41, 5.74) is 1.70. The molecule has 0 amide bonds. The maximum absolute atomic E-state index is 12.6. The number of nitrogens with zero attached hydrogens (tertiary/aromatic N) is 4. The van der Waals surface area contributed by atoms with Crippen LogP contribution in [0.15, 0.2) is 77.6 Å². The molecule has 0 fully saturated rings. The van der Waals surface area contributed by atoms with Crippen molar-refractivity contribution in [2.45, 2.75) is 6.61 Å². The molecule has 0 radical (unpaired) electrons. The molecule has 0 spiro atoms. The minimum atomic E-state index is -0.131. The fourth-order valence-corrected chi connectivity index (χ4v) is 3.73. The first kappa shape index (κ1) is 20.0. The number of aryl methyl sites for hydroxylation is 1. The number of rotatable bonds is 5. The number of fused-ring (bicyclic) bond motifs is 3. The van der Waals surface area contributed by atoms with E-state index in [1.54, 1.807) is 61.6 Å². The predicted molar refractivity (Wildman–Crippen MR) is 121 cm³/mol. The molecule has 3 aromatic carbocycles.